The molecule has 0 radical (unpaired) electrons. The van der Waals surface area contributed by atoms with Gasteiger partial charge < -0.3 is 14.6 Å². The zero-order valence-corrected chi connectivity index (χ0v) is 12.2. The number of hydrogen-bond acceptors (Lipinski definition) is 3. The van der Waals surface area contributed by atoms with Crippen molar-refractivity contribution in [2.45, 2.75) is 32.3 Å². The zero-order valence-electron chi connectivity index (χ0n) is 12.2. The number of nitrogens with one attached hydrogen (secondary N) is 1. The van der Waals surface area contributed by atoms with E-state index in [9.17, 15) is 13.2 Å². The molecule has 1 N–H and O–H groups in total. The van der Waals surface area contributed by atoms with Gasteiger partial charge in [-0.3, -0.25) is 0 Å². The first kappa shape index (κ1) is 16.4. The Morgan fingerprint density at radius 2 is 2.00 bits per heavy atom. The summed E-state index contributed by atoms with van der Waals surface area (Å²) in [4.78, 5) is 3.97. The number of rotatable bonds is 7. The Hall–Kier alpha value is -2.02. The average Bonchev–Trinajstić information content (AvgIpc) is 2.95. The van der Waals surface area contributed by atoms with Crippen molar-refractivity contribution < 1.29 is 17.9 Å². The van der Waals surface area contributed by atoms with Gasteiger partial charge in [0.15, 0.2) is 0 Å². The summed E-state index contributed by atoms with van der Waals surface area (Å²) < 4.78 is 42.1. The summed E-state index contributed by atoms with van der Waals surface area (Å²) in [6, 6.07) is 5.98. The third kappa shape index (κ3) is 5.40. The van der Waals surface area contributed by atoms with Crippen LogP contribution in [0.15, 0.2) is 43.0 Å². The second-order valence-electron chi connectivity index (χ2n) is 4.95. The van der Waals surface area contributed by atoms with Crippen LogP contribution in [0.1, 0.15) is 24.9 Å². The van der Waals surface area contributed by atoms with E-state index >= 15 is 0 Å². The number of ether oxygens (including phenoxy) is 1. The molecule has 0 aliphatic carbocycles. The van der Waals surface area contributed by atoms with E-state index in [0.29, 0.717) is 0 Å². The van der Waals surface area contributed by atoms with Crippen LogP contribution in [0.25, 0.3) is 0 Å². The SMILES string of the molecule is CC(NCCCn1ccnc1)c1ccc(OC(F)(F)F)cc1. The van der Waals surface area contributed by atoms with Gasteiger partial charge in [-0.25, -0.2) is 4.98 Å². The zero-order chi connectivity index (χ0) is 16.0. The van der Waals surface area contributed by atoms with E-state index in [1.165, 1.54) is 12.1 Å². The highest BCUT2D eigenvalue weighted by Gasteiger charge is 2.30. The summed E-state index contributed by atoms with van der Waals surface area (Å²) in [5.74, 6) is -0.205. The molecular formula is C15H18F3N3O. The molecule has 2 rings (SSSR count). The minimum absolute atomic E-state index is 0.0581. The van der Waals surface area contributed by atoms with Gasteiger partial charge in [0.2, 0.25) is 0 Å². The lowest BCUT2D eigenvalue weighted by molar-refractivity contribution is -0.274. The average molecular weight is 313 g/mol. The van der Waals surface area contributed by atoms with Gasteiger partial charge in [0.1, 0.15) is 5.75 Å². The molecule has 0 saturated heterocycles. The summed E-state index contributed by atoms with van der Waals surface area (Å²) in [6.45, 7) is 3.65. The maximum absolute atomic E-state index is 12.1. The third-order valence-electron chi connectivity index (χ3n) is 3.22. The largest absolute Gasteiger partial charge is 0.573 e. The van der Waals surface area contributed by atoms with Gasteiger partial charge in [-0.1, -0.05) is 12.1 Å². The molecule has 1 aromatic carbocycles. The number of imidazole rings is 1. The fraction of sp³-hybridized carbons (Fsp3) is 0.400. The Bertz CT molecular complexity index is 552. The Morgan fingerprint density at radius 3 is 2.59 bits per heavy atom. The van der Waals surface area contributed by atoms with Gasteiger partial charge in [0, 0.05) is 25.0 Å². The van der Waals surface area contributed by atoms with Crippen molar-refractivity contribution in [3.8, 4) is 5.75 Å². The lowest BCUT2D eigenvalue weighted by atomic mass is 10.1. The summed E-state index contributed by atoms with van der Waals surface area (Å²) >= 11 is 0. The Morgan fingerprint density at radius 1 is 1.27 bits per heavy atom. The van der Waals surface area contributed by atoms with Gasteiger partial charge in [0.05, 0.1) is 6.33 Å². The van der Waals surface area contributed by atoms with Crippen LogP contribution in [0.3, 0.4) is 0 Å². The van der Waals surface area contributed by atoms with Crippen LogP contribution in [-0.2, 0) is 6.54 Å². The first-order valence-corrected chi connectivity index (χ1v) is 6.99. The molecule has 1 atom stereocenters. The molecule has 0 amide bonds. The van der Waals surface area contributed by atoms with E-state index in [1.807, 2.05) is 17.7 Å². The lowest BCUT2D eigenvalue weighted by Gasteiger charge is -2.15. The Balaban J connectivity index is 1.76. The van der Waals surface area contributed by atoms with Crippen LogP contribution in [0.2, 0.25) is 0 Å². The minimum atomic E-state index is -4.65. The fourth-order valence-electron chi connectivity index (χ4n) is 2.08. The molecule has 7 heteroatoms. The van der Waals surface area contributed by atoms with Gasteiger partial charge in [0.25, 0.3) is 0 Å². The van der Waals surface area contributed by atoms with Crippen molar-refractivity contribution >= 4 is 0 Å². The second-order valence-corrected chi connectivity index (χ2v) is 4.95. The molecule has 0 aliphatic heterocycles. The van der Waals surface area contributed by atoms with Crippen molar-refractivity contribution in [2.24, 2.45) is 0 Å². The van der Waals surface area contributed by atoms with Gasteiger partial charge in [-0.15, -0.1) is 13.2 Å². The Labute approximate surface area is 126 Å². The molecule has 1 unspecified atom stereocenters. The standard InChI is InChI=1S/C15H18F3N3O/c1-12(20-7-2-9-21-10-8-19-11-21)13-3-5-14(6-4-13)22-15(16,17)18/h3-6,8,10-12,20H,2,7,9H2,1H3. The molecule has 0 spiro atoms. The molecule has 0 saturated carbocycles. The number of alkyl halides is 3. The lowest BCUT2D eigenvalue weighted by Crippen LogP contribution is -2.21. The molecule has 0 aliphatic rings. The van der Waals surface area contributed by atoms with Crippen molar-refractivity contribution in [1.82, 2.24) is 14.9 Å². The molecular weight excluding hydrogens is 295 g/mol. The highest BCUT2D eigenvalue weighted by atomic mass is 19.4. The van der Waals surface area contributed by atoms with Gasteiger partial charge >= 0.3 is 6.36 Å². The summed E-state index contributed by atoms with van der Waals surface area (Å²) in [5.41, 5.74) is 0.914. The highest BCUT2D eigenvalue weighted by molar-refractivity contribution is 5.29. The molecule has 2 aromatic rings. The van der Waals surface area contributed by atoms with Gasteiger partial charge in [-0.05, 0) is 37.6 Å². The maximum atomic E-state index is 12.1. The van der Waals surface area contributed by atoms with Crippen LogP contribution in [0, 0.1) is 0 Å². The van der Waals surface area contributed by atoms with Crippen molar-refractivity contribution in [1.29, 1.82) is 0 Å². The van der Waals surface area contributed by atoms with Crippen molar-refractivity contribution in [3.63, 3.8) is 0 Å². The van der Waals surface area contributed by atoms with Gasteiger partial charge in [-0.2, -0.15) is 0 Å². The molecule has 1 aromatic heterocycles. The predicted molar refractivity (Wildman–Crippen MR) is 76.4 cm³/mol. The predicted octanol–water partition coefficient (Wildman–Crippen LogP) is 3.52. The highest BCUT2D eigenvalue weighted by Crippen LogP contribution is 2.24. The molecule has 1 heterocycles. The van der Waals surface area contributed by atoms with E-state index in [1.54, 1.807) is 24.7 Å². The minimum Gasteiger partial charge on any atom is -0.406 e. The number of aryl methyl sites for hydroxylation is 1. The summed E-state index contributed by atoms with van der Waals surface area (Å²) in [6.07, 6.45) is 1.70. The van der Waals surface area contributed by atoms with E-state index in [4.69, 9.17) is 0 Å². The first-order chi connectivity index (χ1) is 10.4. The van der Waals surface area contributed by atoms with Crippen LogP contribution in [0.4, 0.5) is 13.2 Å². The molecule has 22 heavy (non-hydrogen) atoms. The molecule has 0 bridgehead atoms. The number of halogens is 3. The van der Waals surface area contributed by atoms with Crippen LogP contribution >= 0.6 is 0 Å². The fourth-order valence-corrected chi connectivity index (χ4v) is 2.08. The molecule has 4 nitrogen and oxygen atoms in total. The topological polar surface area (TPSA) is 39.1 Å². The van der Waals surface area contributed by atoms with Crippen LogP contribution in [0.5, 0.6) is 5.75 Å². The summed E-state index contributed by atoms with van der Waals surface area (Å²) in [7, 11) is 0. The van der Waals surface area contributed by atoms with Crippen LogP contribution < -0.4 is 10.1 Å². The number of benzene rings is 1. The molecule has 120 valence electrons. The van der Waals surface area contributed by atoms with Crippen molar-refractivity contribution in [3.05, 3.63) is 48.5 Å². The molecule has 0 fully saturated rings. The van der Waals surface area contributed by atoms with Crippen molar-refractivity contribution in [2.75, 3.05) is 6.54 Å². The number of hydrogen-bond donors (Lipinski definition) is 1. The van der Waals surface area contributed by atoms with E-state index in [0.717, 1.165) is 25.1 Å². The number of nitrogens with zero attached hydrogens (tertiary/aromatic N) is 2. The van der Waals surface area contributed by atoms with E-state index in [-0.39, 0.29) is 11.8 Å². The maximum Gasteiger partial charge on any atom is 0.573 e. The first-order valence-electron chi connectivity index (χ1n) is 6.99. The number of aromatic nitrogens is 2. The van der Waals surface area contributed by atoms with Crippen LogP contribution in [-0.4, -0.2) is 22.5 Å². The smallest absolute Gasteiger partial charge is 0.406 e. The Kier molecular flexibility index (Phi) is 5.43. The summed E-state index contributed by atoms with van der Waals surface area (Å²) in [5, 5.41) is 3.33. The second kappa shape index (κ2) is 7.31. The monoisotopic (exact) mass is 313 g/mol. The van der Waals surface area contributed by atoms with E-state index in [2.05, 4.69) is 15.0 Å². The quantitative estimate of drug-likeness (QED) is 0.795. The third-order valence-corrected chi connectivity index (χ3v) is 3.22. The van der Waals surface area contributed by atoms with E-state index < -0.39 is 6.36 Å². The normalized spacial score (nSPS) is 13.1.